The Kier molecular flexibility index (Phi) is 5.37. The molecule has 0 fully saturated rings. The van der Waals surface area contributed by atoms with E-state index < -0.39 is 10.0 Å². The highest BCUT2D eigenvalue weighted by atomic mass is 32.2. The Morgan fingerprint density at radius 3 is 2.44 bits per heavy atom. The van der Waals surface area contributed by atoms with Crippen LogP contribution in [0.15, 0.2) is 29.7 Å². The molecule has 2 N–H and O–H groups in total. The highest BCUT2D eigenvalue weighted by Gasteiger charge is 2.02. The van der Waals surface area contributed by atoms with E-state index in [1.807, 2.05) is 24.3 Å². The zero-order valence-electron chi connectivity index (χ0n) is 10.7. The van der Waals surface area contributed by atoms with Gasteiger partial charge in [-0.15, -0.1) is 0 Å². The molecule has 5 heteroatoms. The number of unbranched alkanes of at least 4 members (excludes halogenated alkanes) is 1. The van der Waals surface area contributed by atoms with Gasteiger partial charge in [0.1, 0.15) is 5.75 Å². The van der Waals surface area contributed by atoms with Gasteiger partial charge in [-0.25, -0.2) is 13.6 Å². The minimum absolute atomic E-state index is 0.609. The van der Waals surface area contributed by atoms with Crippen LogP contribution in [0.5, 0.6) is 5.75 Å². The zero-order chi connectivity index (χ0) is 13.6. The van der Waals surface area contributed by atoms with Gasteiger partial charge in [0.25, 0.3) is 0 Å². The van der Waals surface area contributed by atoms with Crippen LogP contribution in [0, 0.1) is 0 Å². The van der Waals surface area contributed by atoms with Gasteiger partial charge in [0.15, 0.2) is 0 Å². The van der Waals surface area contributed by atoms with Gasteiger partial charge in [-0.05, 0) is 36.6 Å². The van der Waals surface area contributed by atoms with Crippen molar-refractivity contribution in [2.75, 3.05) is 6.61 Å². The summed E-state index contributed by atoms with van der Waals surface area (Å²) in [5.41, 5.74) is 1.42. The summed E-state index contributed by atoms with van der Waals surface area (Å²) in [4.78, 5) is 0. The molecule has 1 aromatic rings. The van der Waals surface area contributed by atoms with Crippen molar-refractivity contribution < 1.29 is 13.2 Å². The molecule has 0 heterocycles. The molecule has 0 atom stereocenters. The molecule has 1 rings (SSSR count). The normalized spacial score (nSPS) is 12.5. The Morgan fingerprint density at radius 2 is 1.94 bits per heavy atom. The number of hydrogen-bond donors (Lipinski definition) is 1. The molecule has 0 aromatic heterocycles. The molecule has 0 aliphatic heterocycles. The third-order valence-corrected chi connectivity index (χ3v) is 3.10. The summed E-state index contributed by atoms with van der Waals surface area (Å²) in [5.74, 6) is 0.788. The predicted octanol–water partition coefficient (Wildman–Crippen LogP) is 2.51. The van der Waals surface area contributed by atoms with E-state index in [0.29, 0.717) is 12.2 Å². The van der Waals surface area contributed by atoms with E-state index in [0.717, 1.165) is 29.6 Å². The third kappa shape index (κ3) is 5.33. The SMILES string of the molecule is CCCCOc1ccc(C(C)=CS(N)(=O)=O)cc1. The summed E-state index contributed by atoms with van der Waals surface area (Å²) in [6.45, 7) is 4.51. The van der Waals surface area contributed by atoms with E-state index in [1.165, 1.54) is 0 Å². The second kappa shape index (κ2) is 6.56. The van der Waals surface area contributed by atoms with E-state index in [9.17, 15) is 8.42 Å². The van der Waals surface area contributed by atoms with E-state index >= 15 is 0 Å². The fourth-order valence-electron chi connectivity index (χ4n) is 1.46. The summed E-state index contributed by atoms with van der Waals surface area (Å²) >= 11 is 0. The van der Waals surface area contributed by atoms with Crippen molar-refractivity contribution in [2.45, 2.75) is 26.7 Å². The van der Waals surface area contributed by atoms with Crippen LogP contribution < -0.4 is 9.88 Å². The summed E-state index contributed by atoms with van der Waals surface area (Å²) in [5, 5.41) is 6.01. The number of sulfonamides is 1. The first-order valence-corrected chi connectivity index (χ1v) is 7.47. The summed E-state index contributed by atoms with van der Waals surface area (Å²) < 4.78 is 27.4. The lowest BCUT2D eigenvalue weighted by Gasteiger charge is -2.06. The van der Waals surface area contributed by atoms with Gasteiger partial charge >= 0.3 is 0 Å². The molecule has 0 unspecified atom stereocenters. The number of hydrogen-bond acceptors (Lipinski definition) is 3. The Morgan fingerprint density at radius 1 is 1.33 bits per heavy atom. The molecule has 18 heavy (non-hydrogen) atoms. The largest absolute Gasteiger partial charge is 0.494 e. The van der Waals surface area contributed by atoms with Crippen molar-refractivity contribution in [3.05, 3.63) is 35.2 Å². The predicted molar refractivity (Wildman–Crippen MR) is 73.6 cm³/mol. The monoisotopic (exact) mass is 269 g/mol. The highest BCUT2D eigenvalue weighted by Crippen LogP contribution is 2.19. The molecule has 0 amide bonds. The van der Waals surface area contributed by atoms with Crippen molar-refractivity contribution in [1.29, 1.82) is 0 Å². The Bertz CT molecular complexity index is 504. The van der Waals surface area contributed by atoms with Gasteiger partial charge < -0.3 is 4.74 Å². The van der Waals surface area contributed by atoms with Gasteiger partial charge in [0.2, 0.25) is 10.0 Å². The molecular formula is C13H19NO3S. The van der Waals surface area contributed by atoms with Crippen LogP contribution in [0.3, 0.4) is 0 Å². The Hall–Kier alpha value is -1.33. The number of primary sulfonamides is 1. The second-order valence-corrected chi connectivity index (χ2v) is 5.53. The molecule has 0 radical (unpaired) electrons. The van der Waals surface area contributed by atoms with E-state index in [-0.39, 0.29) is 0 Å². The maximum absolute atomic E-state index is 10.9. The van der Waals surface area contributed by atoms with Crippen LogP contribution in [-0.2, 0) is 10.0 Å². The van der Waals surface area contributed by atoms with Crippen LogP contribution in [0.2, 0.25) is 0 Å². The quantitative estimate of drug-likeness (QED) is 0.807. The van der Waals surface area contributed by atoms with Crippen LogP contribution in [0.25, 0.3) is 5.57 Å². The fraction of sp³-hybridized carbons (Fsp3) is 0.385. The minimum atomic E-state index is -3.59. The van der Waals surface area contributed by atoms with E-state index in [1.54, 1.807) is 6.92 Å². The maximum atomic E-state index is 10.9. The standard InChI is InChI=1S/C13H19NO3S/c1-3-4-9-17-13-7-5-12(6-8-13)11(2)10-18(14,15)16/h5-8,10H,3-4,9H2,1-2H3,(H2,14,15,16). The lowest BCUT2D eigenvalue weighted by atomic mass is 10.1. The molecule has 1 aromatic carbocycles. The fourth-order valence-corrected chi connectivity index (χ4v) is 2.09. The van der Waals surface area contributed by atoms with E-state index in [2.05, 4.69) is 6.92 Å². The van der Waals surface area contributed by atoms with Gasteiger partial charge in [-0.2, -0.15) is 0 Å². The smallest absolute Gasteiger partial charge is 0.231 e. The van der Waals surface area contributed by atoms with Crippen LogP contribution in [0.4, 0.5) is 0 Å². The molecule has 0 bridgehead atoms. The third-order valence-electron chi connectivity index (χ3n) is 2.42. The lowest BCUT2D eigenvalue weighted by molar-refractivity contribution is 0.309. The highest BCUT2D eigenvalue weighted by molar-refractivity contribution is 7.92. The van der Waals surface area contributed by atoms with Crippen LogP contribution in [-0.4, -0.2) is 15.0 Å². The summed E-state index contributed by atoms with van der Waals surface area (Å²) in [7, 11) is -3.59. The maximum Gasteiger partial charge on any atom is 0.231 e. The molecule has 0 spiro atoms. The number of ether oxygens (including phenoxy) is 1. The van der Waals surface area contributed by atoms with Crippen molar-refractivity contribution >= 4 is 15.6 Å². The van der Waals surface area contributed by atoms with Crippen molar-refractivity contribution in [3.63, 3.8) is 0 Å². The summed E-state index contributed by atoms with van der Waals surface area (Å²) in [6, 6.07) is 7.29. The summed E-state index contributed by atoms with van der Waals surface area (Å²) in [6.07, 6.45) is 2.11. The molecule has 4 nitrogen and oxygen atoms in total. The first kappa shape index (κ1) is 14.7. The zero-order valence-corrected chi connectivity index (χ0v) is 11.5. The minimum Gasteiger partial charge on any atom is -0.494 e. The van der Waals surface area contributed by atoms with E-state index in [4.69, 9.17) is 9.88 Å². The number of rotatable bonds is 6. The molecule has 0 saturated heterocycles. The molecule has 0 aliphatic carbocycles. The Labute approximate surface area is 109 Å². The van der Waals surface area contributed by atoms with Crippen molar-refractivity contribution in [3.8, 4) is 5.75 Å². The molecule has 0 saturated carbocycles. The first-order valence-electron chi connectivity index (χ1n) is 5.86. The van der Waals surface area contributed by atoms with Crippen LogP contribution in [0.1, 0.15) is 32.3 Å². The average Bonchev–Trinajstić information content (AvgIpc) is 2.28. The molecular weight excluding hydrogens is 250 g/mol. The number of nitrogens with two attached hydrogens (primary N) is 1. The van der Waals surface area contributed by atoms with Crippen LogP contribution >= 0.6 is 0 Å². The Balaban J connectivity index is 2.74. The van der Waals surface area contributed by atoms with Gasteiger partial charge in [-0.3, -0.25) is 0 Å². The first-order chi connectivity index (χ1) is 8.42. The van der Waals surface area contributed by atoms with Crippen molar-refractivity contribution in [1.82, 2.24) is 0 Å². The van der Waals surface area contributed by atoms with Crippen molar-refractivity contribution in [2.24, 2.45) is 5.14 Å². The molecule has 100 valence electrons. The van der Waals surface area contributed by atoms with Gasteiger partial charge in [-0.1, -0.05) is 25.5 Å². The lowest BCUT2D eigenvalue weighted by Crippen LogP contribution is -2.07. The second-order valence-electron chi connectivity index (χ2n) is 4.12. The number of allylic oxidation sites excluding steroid dienone is 1. The molecule has 0 aliphatic rings. The topological polar surface area (TPSA) is 69.4 Å². The average molecular weight is 269 g/mol. The van der Waals surface area contributed by atoms with Gasteiger partial charge in [0, 0.05) is 5.41 Å². The van der Waals surface area contributed by atoms with Gasteiger partial charge in [0.05, 0.1) is 6.61 Å². The number of benzene rings is 1.